The van der Waals surface area contributed by atoms with E-state index in [-0.39, 0.29) is 18.1 Å². The number of amides is 1. The monoisotopic (exact) mass is 260 g/mol. The Hall–Kier alpha value is -1.68. The summed E-state index contributed by atoms with van der Waals surface area (Å²) in [5, 5.41) is 2.95. The van der Waals surface area contributed by atoms with Crippen LogP contribution < -0.4 is 5.32 Å². The first kappa shape index (κ1) is 13.7. The van der Waals surface area contributed by atoms with Crippen molar-refractivity contribution < 1.29 is 9.53 Å². The van der Waals surface area contributed by atoms with E-state index in [1.165, 1.54) is 0 Å². The summed E-state index contributed by atoms with van der Waals surface area (Å²) in [6.45, 7) is 8.56. The second kappa shape index (κ2) is 5.97. The van der Waals surface area contributed by atoms with E-state index in [9.17, 15) is 4.79 Å². The lowest BCUT2D eigenvalue weighted by Gasteiger charge is -2.16. The fraction of sp³-hybridized carbons (Fsp3) is 0.467. The molecule has 4 nitrogen and oxygen atoms in total. The van der Waals surface area contributed by atoms with Crippen molar-refractivity contribution in [3.05, 3.63) is 42.2 Å². The van der Waals surface area contributed by atoms with E-state index in [4.69, 9.17) is 4.74 Å². The first-order valence-electron chi connectivity index (χ1n) is 6.62. The maximum atomic E-state index is 12.1. The van der Waals surface area contributed by atoms with E-state index in [1.54, 1.807) is 18.3 Å². The Labute approximate surface area is 113 Å². The second-order valence-electron chi connectivity index (χ2n) is 5.07. The molecule has 0 unspecified atom stereocenters. The lowest BCUT2D eigenvalue weighted by Crippen LogP contribution is -2.39. The minimum atomic E-state index is -0.155. The highest BCUT2D eigenvalue weighted by Crippen LogP contribution is 2.16. The van der Waals surface area contributed by atoms with Gasteiger partial charge < -0.3 is 10.1 Å². The van der Waals surface area contributed by atoms with Crippen LogP contribution in [0.3, 0.4) is 0 Å². The van der Waals surface area contributed by atoms with Crippen LogP contribution in [-0.2, 0) is 4.74 Å². The molecule has 19 heavy (non-hydrogen) atoms. The molecule has 0 radical (unpaired) electrons. The molecule has 4 heteroatoms. The van der Waals surface area contributed by atoms with E-state index in [2.05, 4.69) is 30.7 Å². The molecule has 0 saturated carbocycles. The Morgan fingerprint density at radius 3 is 2.95 bits per heavy atom. The van der Waals surface area contributed by atoms with Crippen molar-refractivity contribution in [2.45, 2.75) is 38.3 Å². The minimum Gasteiger partial charge on any atom is -0.372 e. The third kappa shape index (κ3) is 3.20. The van der Waals surface area contributed by atoms with Crippen LogP contribution in [0.4, 0.5) is 0 Å². The Morgan fingerprint density at radius 2 is 2.37 bits per heavy atom. The molecular weight excluding hydrogens is 240 g/mol. The first-order chi connectivity index (χ1) is 9.11. The highest BCUT2D eigenvalue weighted by atomic mass is 16.5. The molecule has 0 aromatic carbocycles. The van der Waals surface area contributed by atoms with Gasteiger partial charge >= 0.3 is 0 Å². The quantitative estimate of drug-likeness (QED) is 0.845. The largest absolute Gasteiger partial charge is 0.372 e. The molecule has 102 valence electrons. The molecule has 1 N–H and O–H groups in total. The van der Waals surface area contributed by atoms with Crippen molar-refractivity contribution >= 4 is 5.91 Å². The molecule has 0 aliphatic carbocycles. The summed E-state index contributed by atoms with van der Waals surface area (Å²) in [5.74, 6) is 0.260. The van der Waals surface area contributed by atoms with Gasteiger partial charge in [-0.15, -0.1) is 6.58 Å². The number of hydrogen-bond donors (Lipinski definition) is 1. The normalized spacial score (nSPS) is 22.5. The SMILES string of the molecule is C=C[C@@H]1OCC[C@H]1NC(=O)c1ccc(C(C)C)cn1. The standard InChI is InChI=1S/C15H20N2O2/c1-4-14-12(7-8-19-14)17-15(18)13-6-5-11(9-16-13)10(2)3/h4-6,9-10,12,14H,1,7-8H2,2-3H3,(H,17,18)/t12-,14+/m1/s1. The first-order valence-corrected chi connectivity index (χ1v) is 6.62. The average Bonchev–Trinajstić information content (AvgIpc) is 2.86. The van der Waals surface area contributed by atoms with Crippen molar-refractivity contribution in [1.82, 2.24) is 10.3 Å². The highest BCUT2D eigenvalue weighted by molar-refractivity contribution is 5.92. The predicted molar refractivity (Wildman–Crippen MR) is 74.1 cm³/mol. The van der Waals surface area contributed by atoms with Crippen LogP contribution in [0.15, 0.2) is 31.0 Å². The Balaban J connectivity index is 2.01. The molecule has 1 aliphatic rings. The van der Waals surface area contributed by atoms with Gasteiger partial charge in [0.2, 0.25) is 0 Å². The van der Waals surface area contributed by atoms with Gasteiger partial charge in [0.1, 0.15) is 5.69 Å². The topological polar surface area (TPSA) is 51.2 Å². The molecular formula is C15H20N2O2. The van der Waals surface area contributed by atoms with Gasteiger partial charge in [-0.1, -0.05) is 26.0 Å². The minimum absolute atomic E-state index is 0.00317. The number of carbonyl (C=O) groups is 1. The molecule has 2 heterocycles. The summed E-state index contributed by atoms with van der Waals surface area (Å²) in [6, 6.07) is 3.71. The number of aromatic nitrogens is 1. The van der Waals surface area contributed by atoms with E-state index >= 15 is 0 Å². The summed E-state index contributed by atoms with van der Waals surface area (Å²) in [5.41, 5.74) is 1.57. The maximum absolute atomic E-state index is 12.1. The van der Waals surface area contributed by atoms with Crippen LogP contribution in [0.25, 0.3) is 0 Å². The van der Waals surface area contributed by atoms with Crippen LogP contribution >= 0.6 is 0 Å². The molecule has 2 rings (SSSR count). The smallest absolute Gasteiger partial charge is 0.270 e. The molecule has 1 aliphatic heterocycles. The molecule has 2 atom stereocenters. The third-order valence-corrected chi connectivity index (χ3v) is 3.37. The zero-order chi connectivity index (χ0) is 13.8. The average molecular weight is 260 g/mol. The third-order valence-electron chi connectivity index (χ3n) is 3.37. The number of rotatable bonds is 4. The maximum Gasteiger partial charge on any atom is 0.270 e. The van der Waals surface area contributed by atoms with Gasteiger partial charge in [0.25, 0.3) is 5.91 Å². The van der Waals surface area contributed by atoms with Gasteiger partial charge in [-0.05, 0) is 24.0 Å². The van der Waals surface area contributed by atoms with Gasteiger partial charge in [0.15, 0.2) is 0 Å². The lowest BCUT2D eigenvalue weighted by molar-refractivity contribution is 0.0895. The zero-order valence-electron chi connectivity index (χ0n) is 11.4. The van der Waals surface area contributed by atoms with Crippen molar-refractivity contribution in [1.29, 1.82) is 0 Å². The molecule has 0 spiro atoms. The van der Waals surface area contributed by atoms with Gasteiger partial charge in [-0.3, -0.25) is 9.78 Å². The molecule has 1 amide bonds. The summed E-state index contributed by atoms with van der Waals surface area (Å²) in [4.78, 5) is 16.3. The fourth-order valence-electron chi connectivity index (χ4n) is 2.12. The molecule has 1 aromatic heterocycles. The van der Waals surface area contributed by atoms with E-state index in [0.717, 1.165) is 12.0 Å². The number of nitrogens with zero attached hydrogens (tertiary/aromatic N) is 1. The lowest BCUT2D eigenvalue weighted by atomic mass is 10.1. The van der Waals surface area contributed by atoms with Gasteiger partial charge in [-0.2, -0.15) is 0 Å². The van der Waals surface area contributed by atoms with E-state index < -0.39 is 0 Å². The summed E-state index contributed by atoms with van der Waals surface area (Å²) in [7, 11) is 0. The van der Waals surface area contributed by atoms with Gasteiger partial charge in [-0.25, -0.2) is 0 Å². The fourth-order valence-corrected chi connectivity index (χ4v) is 2.12. The number of nitrogens with one attached hydrogen (secondary N) is 1. The number of pyridine rings is 1. The predicted octanol–water partition coefficient (Wildman–Crippen LogP) is 2.28. The van der Waals surface area contributed by atoms with Gasteiger partial charge in [0.05, 0.1) is 12.1 Å². The van der Waals surface area contributed by atoms with E-state index in [0.29, 0.717) is 18.2 Å². The Kier molecular flexibility index (Phi) is 4.32. The van der Waals surface area contributed by atoms with Crippen molar-refractivity contribution in [2.24, 2.45) is 0 Å². The van der Waals surface area contributed by atoms with E-state index in [1.807, 2.05) is 6.07 Å². The number of carbonyl (C=O) groups excluding carboxylic acids is 1. The van der Waals surface area contributed by atoms with Crippen LogP contribution in [0.1, 0.15) is 42.2 Å². The number of ether oxygens (including phenoxy) is 1. The van der Waals surface area contributed by atoms with Crippen molar-refractivity contribution in [3.8, 4) is 0 Å². The summed E-state index contributed by atoms with van der Waals surface area (Å²) >= 11 is 0. The second-order valence-corrected chi connectivity index (χ2v) is 5.07. The van der Waals surface area contributed by atoms with Crippen molar-refractivity contribution in [3.63, 3.8) is 0 Å². The van der Waals surface area contributed by atoms with Crippen molar-refractivity contribution in [2.75, 3.05) is 6.61 Å². The van der Waals surface area contributed by atoms with Crippen LogP contribution in [0, 0.1) is 0 Å². The zero-order valence-corrected chi connectivity index (χ0v) is 11.4. The molecule has 1 fully saturated rings. The Bertz CT molecular complexity index is 454. The summed E-state index contributed by atoms with van der Waals surface area (Å²) < 4.78 is 5.45. The summed E-state index contributed by atoms with van der Waals surface area (Å²) in [6.07, 6.45) is 4.20. The van der Waals surface area contributed by atoms with Crippen LogP contribution in [0.5, 0.6) is 0 Å². The Morgan fingerprint density at radius 1 is 1.58 bits per heavy atom. The number of hydrogen-bond acceptors (Lipinski definition) is 3. The molecule has 1 saturated heterocycles. The highest BCUT2D eigenvalue weighted by Gasteiger charge is 2.27. The van der Waals surface area contributed by atoms with Crippen LogP contribution in [0.2, 0.25) is 0 Å². The molecule has 0 bridgehead atoms. The van der Waals surface area contributed by atoms with Crippen LogP contribution in [-0.4, -0.2) is 29.6 Å². The van der Waals surface area contributed by atoms with Gasteiger partial charge in [0, 0.05) is 12.8 Å². The molecule has 1 aromatic rings.